The largest absolute Gasteiger partial charge is 0.310 e. The van der Waals surface area contributed by atoms with Crippen molar-refractivity contribution < 1.29 is 0 Å². The SMILES string of the molecule is Cc1cc(C)c(N(c2ccccc2)c2ccc3c(c2)[Si](C)(C)c2cccc4c(N(c5ccccc5)c5c(C)cc(C)cc5C)ccc-3c24)c(C)c1. The molecule has 2 nitrogen and oxygen atoms in total. The Kier molecular flexibility index (Phi) is 8.00. The smallest absolute Gasteiger partial charge is 0.113 e. The van der Waals surface area contributed by atoms with E-state index in [0.29, 0.717) is 0 Å². The molecule has 1 aliphatic rings. The third-order valence-corrected chi connectivity index (χ3v) is 14.4. The van der Waals surface area contributed by atoms with E-state index in [1.54, 1.807) is 0 Å². The van der Waals surface area contributed by atoms with Crippen LogP contribution in [0.5, 0.6) is 0 Å². The monoisotopic (exact) mass is 678 g/mol. The fraction of sp³-hybridized carbons (Fsp3) is 0.167. The zero-order valence-corrected chi connectivity index (χ0v) is 32.1. The molecular weight excluding hydrogens is 633 g/mol. The first-order valence-electron chi connectivity index (χ1n) is 18.1. The van der Waals surface area contributed by atoms with Crippen molar-refractivity contribution in [3.05, 3.63) is 167 Å². The highest BCUT2D eigenvalue weighted by molar-refractivity contribution is 7.03. The predicted octanol–water partition coefficient (Wildman–Crippen LogP) is 12.4. The van der Waals surface area contributed by atoms with Gasteiger partial charge in [0.15, 0.2) is 0 Å². The van der Waals surface area contributed by atoms with E-state index in [9.17, 15) is 0 Å². The molecule has 1 heterocycles. The summed E-state index contributed by atoms with van der Waals surface area (Å²) in [5, 5.41) is 5.70. The molecule has 0 amide bonds. The summed E-state index contributed by atoms with van der Waals surface area (Å²) in [6.45, 7) is 18.4. The van der Waals surface area contributed by atoms with E-state index in [1.165, 1.54) is 99.8 Å². The molecule has 0 spiro atoms. The number of hydrogen-bond acceptors (Lipinski definition) is 2. The van der Waals surface area contributed by atoms with Gasteiger partial charge in [-0.05, 0) is 133 Å². The van der Waals surface area contributed by atoms with E-state index in [-0.39, 0.29) is 0 Å². The van der Waals surface area contributed by atoms with Gasteiger partial charge < -0.3 is 9.80 Å². The number of benzene rings is 7. The molecule has 0 saturated carbocycles. The molecule has 0 N–H and O–H groups in total. The molecule has 0 saturated heterocycles. The number of anilines is 6. The van der Waals surface area contributed by atoms with Crippen molar-refractivity contribution >= 4 is 63.3 Å². The number of aryl methyl sites for hydroxylation is 6. The third kappa shape index (κ3) is 5.39. The Labute approximate surface area is 304 Å². The maximum absolute atomic E-state index is 2.54. The second-order valence-electron chi connectivity index (χ2n) is 15.1. The summed E-state index contributed by atoms with van der Waals surface area (Å²) in [5.41, 5.74) is 17.7. The van der Waals surface area contributed by atoms with Gasteiger partial charge in [-0.25, -0.2) is 0 Å². The third-order valence-electron chi connectivity index (χ3n) is 10.9. The predicted molar refractivity (Wildman–Crippen MR) is 224 cm³/mol. The van der Waals surface area contributed by atoms with Crippen LogP contribution in [0.2, 0.25) is 13.1 Å². The first-order valence-corrected chi connectivity index (χ1v) is 21.1. The van der Waals surface area contributed by atoms with Gasteiger partial charge in [0, 0.05) is 22.4 Å². The van der Waals surface area contributed by atoms with Crippen molar-refractivity contribution in [1.82, 2.24) is 0 Å². The minimum atomic E-state index is -2.17. The van der Waals surface area contributed by atoms with Crippen LogP contribution < -0.4 is 20.2 Å². The van der Waals surface area contributed by atoms with Crippen LogP contribution in [-0.2, 0) is 0 Å². The highest BCUT2D eigenvalue weighted by atomic mass is 28.3. The molecule has 0 aliphatic carbocycles. The normalized spacial score (nSPS) is 12.9. The minimum absolute atomic E-state index is 1.17. The van der Waals surface area contributed by atoms with Crippen LogP contribution in [0.15, 0.2) is 133 Å². The Morgan fingerprint density at radius 2 is 0.922 bits per heavy atom. The van der Waals surface area contributed by atoms with Crippen LogP contribution >= 0.6 is 0 Å². The summed E-state index contributed by atoms with van der Waals surface area (Å²) in [6, 6.07) is 50.0. The number of para-hydroxylation sites is 2. The molecule has 0 atom stereocenters. The average Bonchev–Trinajstić information content (AvgIpc) is 3.11. The van der Waals surface area contributed by atoms with Gasteiger partial charge in [0.05, 0.1) is 17.1 Å². The van der Waals surface area contributed by atoms with Gasteiger partial charge in [0.25, 0.3) is 0 Å². The highest BCUT2D eigenvalue weighted by Gasteiger charge is 2.37. The minimum Gasteiger partial charge on any atom is -0.310 e. The average molecular weight is 679 g/mol. The fourth-order valence-electron chi connectivity index (χ4n) is 8.90. The second-order valence-corrected chi connectivity index (χ2v) is 19.4. The van der Waals surface area contributed by atoms with Gasteiger partial charge in [-0.15, -0.1) is 0 Å². The van der Waals surface area contributed by atoms with Crippen molar-refractivity contribution in [3.8, 4) is 11.1 Å². The quantitative estimate of drug-likeness (QED) is 0.162. The molecule has 7 aromatic carbocycles. The van der Waals surface area contributed by atoms with E-state index in [4.69, 9.17) is 0 Å². The maximum atomic E-state index is 2.54. The van der Waals surface area contributed by atoms with Gasteiger partial charge in [0.1, 0.15) is 8.07 Å². The van der Waals surface area contributed by atoms with E-state index < -0.39 is 8.07 Å². The summed E-state index contributed by atoms with van der Waals surface area (Å²) < 4.78 is 0. The van der Waals surface area contributed by atoms with E-state index >= 15 is 0 Å². The van der Waals surface area contributed by atoms with Crippen LogP contribution in [0.4, 0.5) is 34.1 Å². The van der Waals surface area contributed by atoms with E-state index in [2.05, 4.69) is 198 Å². The van der Waals surface area contributed by atoms with Crippen LogP contribution in [0.1, 0.15) is 33.4 Å². The molecule has 7 aromatic rings. The van der Waals surface area contributed by atoms with E-state index in [0.717, 1.165) is 0 Å². The lowest BCUT2D eigenvalue weighted by Crippen LogP contribution is -2.56. The topological polar surface area (TPSA) is 6.48 Å². The molecule has 1 aliphatic heterocycles. The lowest BCUT2D eigenvalue weighted by atomic mass is 9.94. The Balaban J connectivity index is 1.36. The number of nitrogens with zero attached hydrogens (tertiary/aromatic N) is 2. The van der Waals surface area contributed by atoms with Gasteiger partial charge in [-0.3, -0.25) is 0 Å². The standard InChI is InChI=1S/C48H46N2Si/c1-31-26-33(3)47(34(4)27-31)49(37-16-11-9-12-17-37)39-22-23-40-41-24-25-43(42-20-15-21-44(46(41)42)51(7,8)45(40)30-39)50(38-18-13-10-14-19-38)48-35(5)28-32(2)29-36(48)6/h9-30H,1-8H3. The lowest BCUT2D eigenvalue weighted by Gasteiger charge is -2.37. The maximum Gasteiger partial charge on any atom is 0.113 e. The number of rotatable bonds is 6. The van der Waals surface area contributed by atoms with Crippen LogP contribution in [0.3, 0.4) is 0 Å². The molecular formula is C48H46N2Si. The van der Waals surface area contributed by atoms with Gasteiger partial charge in [0.2, 0.25) is 0 Å². The van der Waals surface area contributed by atoms with Crippen LogP contribution in [0, 0.1) is 41.5 Å². The second kappa shape index (κ2) is 12.4. The van der Waals surface area contributed by atoms with Crippen molar-refractivity contribution in [3.63, 3.8) is 0 Å². The molecule has 8 rings (SSSR count). The van der Waals surface area contributed by atoms with E-state index in [1.807, 2.05) is 0 Å². The molecule has 51 heavy (non-hydrogen) atoms. The first kappa shape index (κ1) is 32.8. The van der Waals surface area contributed by atoms with Crippen molar-refractivity contribution in [2.24, 2.45) is 0 Å². The molecule has 252 valence electrons. The van der Waals surface area contributed by atoms with Crippen molar-refractivity contribution in [2.45, 2.75) is 54.6 Å². The molecule has 0 fully saturated rings. The van der Waals surface area contributed by atoms with Gasteiger partial charge in [-0.2, -0.15) is 0 Å². The fourth-order valence-corrected chi connectivity index (χ4v) is 12.0. The van der Waals surface area contributed by atoms with Crippen molar-refractivity contribution in [1.29, 1.82) is 0 Å². The number of fused-ring (bicyclic) bond motifs is 2. The summed E-state index contributed by atoms with van der Waals surface area (Å²) in [6.07, 6.45) is 0. The molecule has 0 bridgehead atoms. The highest BCUT2D eigenvalue weighted by Crippen LogP contribution is 2.46. The summed E-state index contributed by atoms with van der Waals surface area (Å²) in [4.78, 5) is 4.96. The summed E-state index contributed by atoms with van der Waals surface area (Å²) in [7, 11) is -2.17. The lowest BCUT2D eigenvalue weighted by molar-refractivity contribution is 1.20. The molecule has 0 aromatic heterocycles. The Bertz CT molecular complexity index is 2410. The molecule has 0 unspecified atom stereocenters. The Hall–Kier alpha value is -5.38. The Morgan fingerprint density at radius 1 is 0.412 bits per heavy atom. The Morgan fingerprint density at radius 3 is 1.49 bits per heavy atom. The van der Waals surface area contributed by atoms with Crippen molar-refractivity contribution in [2.75, 3.05) is 9.80 Å². The van der Waals surface area contributed by atoms with Gasteiger partial charge in [-0.1, -0.05) is 115 Å². The summed E-state index contributed by atoms with van der Waals surface area (Å²) >= 11 is 0. The molecule has 0 radical (unpaired) electrons. The number of hydrogen-bond donors (Lipinski definition) is 0. The summed E-state index contributed by atoms with van der Waals surface area (Å²) in [5.74, 6) is 0. The zero-order valence-electron chi connectivity index (χ0n) is 31.1. The van der Waals surface area contributed by atoms with Crippen LogP contribution in [0.25, 0.3) is 21.9 Å². The van der Waals surface area contributed by atoms with Crippen LogP contribution in [-0.4, -0.2) is 8.07 Å². The molecule has 3 heteroatoms. The zero-order chi connectivity index (χ0) is 35.6. The first-order chi connectivity index (χ1) is 24.5. The van der Waals surface area contributed by atoms with Gasteiger partial charge >= 0.3 is 0 Å².